The maximum absolute atomic E-state index is 4.50. The monoisotopic (exact) mass is 309 g/mol. The molecule has 0 saturated carbocycles. The summed E-state index contributed by atoms with van der Waals surface area (Å²) in [6, 6.07) is 18.9. The van der Waals surface area contributed by atoms with Crippen molar-refractivity contribution in [3.05, 3.63) is 89.5 Å². The zero-order valence-electron chi connectivity index (χ0n) is 15.3. The summed E-state index contributed by atoms with van der Waals surface area (Å²) in [5, 5.41) is 0. The van der Waals surface area contributed by atoms with Crippen molar-refractivity contribution < 1.29 is 0 Å². The lowest BCUT2D eigenvalue weighted by Crippen LogP contribution is -1.89. The third-order valence-corrected chi connectivity index (χ3v) is 3.49. The molecule has 0 amide bonds. The molecule has 1 heteroatoms. The molecule has 0 heterocycles. The van der Waals surface area contributed by atoms with E-state index in [0.29, 0.717) is 0 Å². The zero-order valence-corrected chi connectivity index (χ0v) is 15.3. The number of hydrogen-bond donors (Lipinski definition) is 1. The average molecular weight is 309 g/mol. The molecule has 0 aliphatic rings. The van der Waals surface area contributed by atoms with Gasteiger partial charge in [-0.15, -0.1) is 0 Å². The second kappa shape index (κ2) is 12.4. The number of hydrogen-bond acceptors (Lipinski definition) is 1. The van der Waals surface area contributed by atoms with Gasteiger partial charge < -0.3 is 5.73 Å². The molecule has 0 spiro atoms. The van der Waals surface area contributed by atoms with Gasteiger partial charge in [-0.1, -0.05) is 81.1 Å². The van der Waals surface area contributed by atoms with Crippen molar-refractivity contribution in [3.63, 3.8) is 0 Å². The molecule has 1 nitrogen and oxygen atoms in total. The summed E-state index contributed by atoms with van der Waals surface area (Å²) in [7, 11) is 1.50. The van der Waals surface area contributed by atoms with Crippen molar-refractivity contribution in [1.82, 2.24) is 0 Å². The first kappa shape index (κ1) is 20.9. The number of aryl methyl sites for hydroxylation is 1. The normalized spacial score (nSPS) is 9.91. The first-order chi connectivity index (χ1) is 11.2. The predicted octanol–water partition coefficient (Wildman–Crippen LogP) is 5.80. The summed E-state index contributed by atoms with van der Waals surface area (Å²) in [6.07, 6.45) is 3.22. The SMILES string of the molecule is C=C(/C(C)=C\Cc1ccccc1C)c1ccccc1.CC.CN. The molecule has 0 saturated heterocycles. The van der Waals surface area contributed by atoms with Crippen LogP contribution in [-0.4, -0.2) is 7.05 Å². The van der Waals surface area contributed by atoms with Crippen LogP contribution in [0.5, 0.6) is 0 Å². The number of rotatable bonds is 4. The highest BCUT2D eigenvalue weighted by molar-refractivity contribution is 5.76. The molecule has 23 heavy (non-hydrogen) atoms. The Bertz CT molecular complexity index is 594. The maximum Gasteiger partial charge on any atom is -0.00889 e. The Morgan fingerprint density at radius 3 is 2.04 bits per heavy atom. The van der Waals surface area contributed by atoms with Crippen LogP contribution in [0.2, 0.25) is 0 Å². The van der Waals surface area contributed by atoms with E-state index >= 15 is 0 Å². The van der Waals surface area contributed by atoms with Gasteiger partial charge in [-0.05, 0) is 55.2 Å². The molecule has 0 aromatic heterocycles. The smallest absolute Gasteiger partial charge is 0.00889 e. The fourth-order valence-electron chi connectivity index (χ4n) is 2.09. The fourth-order valence-corrected chi connectivity index (χ4v) is 2.09. The average Bonchev–Trinajstić information content (AvgIpc) is 2.64. The van der Waals surface area contributed by atoms with Crippen molar-refractivity contribution in [2.45, 2.75) is 34.1 Å². The highest BCUT2D eigenvalue weighted by Crippen LogP contribution is 2.21. The van der Waals surface area contributed by atoms with Crippen molar-refractivity contribution in [1.29, 1.82) is 0 Å². The van der Waals surface area contributed by atoms with Gasteiger partial charge in [0.05, 0.1) is 0 Å². The number of allylic oxidation sites excluding steroid dienone is 3. The van der Waals surface area contributed by atoms with Crippen molar-refractivity contribution >= 4 is 5.57 Å². The molecular weight excluding hydrogens is 278 g/mol. The molecule has 2 rings (SSSR count). The van der Waals surface area contributed by atoms with Crippen LogP contribution >= 0.6 is 0 Å². The fraction of sp³-hybridized carbons (Fsp3) is 0.273. The van der Waals surface area contributed by atoms with E-state index < -0.39 is 0 Å². The van der Waals surface area contributed by atoms with E-state index in [4.69, 9.17) is 0 Å². The van der Waals surface area contributed by atoms with Crippen LogP contribution in [0.15, 0.2) is 72.8 Å². The Morgan fingerprint density at radius 1 is 0.957 bits per heavy atom. The van der Waals surface area contributed by atoms with Gasteiger partial charge in [0, 0.05) is 0 Å². The van der Waals surface area contributed by atoms with Crippen LogP contribution in [0.1, 0.15) is 37.5 Å². The number of nitrogens with two attached hydrogens (primary N) is 1. The van der Waals surface area contributed by atoms with Crippen molar-refractivity contribution in [2.75, 3.05) is 7.05 Å². The molecule has 2 aromatic rings. The van der Waals surface area contributed by atoms with Crippen molar-refractivity contribution in [3.8, 4) is 0 Å². The van der Waals surface area contributed by atoms with E-state index in [0.717, 1.165) is 12.0 Å². The topological polar surface area (TPSA) is 26.0 Å². The molecular formula is C22H31N. The second-order valence-corrected chi connectivity index (χ2v) is 4.86. The summed E-state index contributed by atoms with van der Waals surface area (Å²) in [5.74, 6) is 0. The third-order valence-electron chi connectivity index (χ3n) is 3.49. The van der Waals surface area contributed by atoms with Crippen LogP contribution in [0.4, 0.5) is 0 Å². The van der Waals surface area contributed by atoms with Gasteiger partial charge in [0.2, 0.25) is 0 Å². The molecule has 0 radical (unpaired) electrons. The summed E-state index contributed by atoms with van der Waals surface area (Å²) >= 11 is 0. The van der Waals surface area contributed by atoms with Crippen LogP contribution in [0.3, 0.4) is 0 Å². The zero-order chi connectivity index (χ0) is 17.7. The van der Waals surface area contributed by atoms with Gasteiger partial charge in [-0.25, -0.2) is 0 Å². The minimum Gasteiger partial charge on any atom is -0.333 e. The van der Waals surface area contributed by atoms with E-state index in [1.807, 2.05) is 19.9 Å². The second-order valence-electron chi connectivity index (χ2n) is 4.86. The van der Waals surface area contributed by atoms with Crippen LogP contribution in [0.25, 0.3) is 5.57 Å². The molecule has 0 aliphatic carbocycles. The molecule has 2 aromatic carbocycles. The lowest BCUT2D eigenvalue weighted by atomic mass is 9.98. The Hall–Kier alpha value is -2.12. The van der Waals surface area contributed by atoms with Gasteiger partial charge in [-0.2, -0.15) is 0 Å². The number of benzene rings is 2. The van der Waals surface area contributed by atoms with Gasteiger partial charge in [-0.3, -0.25) is 0 Å². The third kappa shape index (κ3) is 7.12. The van der Waals surface area contributed by atoms with E-state index in [1.165, 1.54) is 29.3 Å². The largest absolute Gasteiger partial charge is 0.333 e. The summed E-state index contributed by atoms with van der Waals surface area (Å²) < 4.78 is 0. The Labute approximate surface area is 142 Å². The van der Waals surface area contributed by atoms with Crippen molar-refractivity contribution in [2.24, 2.45) is 5.73 Å². The lowest BCUT2D eigenvalue weighted by Gasteiger charge is -2.07. The molecule has 0 aliphatic heterocycles. The Morgan fingerprint density at radius 2 is 1.48 bits per heavy atom. The summed E-state index contributed by atoms with van der Waals surface area (Å²) in [4.78, 5) is 0. The first-order valence-electron chi connectivity index (χ1n) is 8.22. The lowest BCUT2D eigenvalue weighted by molar-refractivity contribution is 1.20. The van der Waals surface area contributed by atoms with E-state index in [1.54, 1.807) is 0 Å². The Kier molecular flexibility index (Phi) is 11.3. The molecule has 0 bridgehead atoms. The minimum atomic E-state index is 0.963. The molecule has 2 N–H and O–H groups in total. The molecule has 0 atom stereocenters. The predicted molar refractivity (Wildman–Crippen MR) is 106 cm³/mol. The first-order valence-corrected chi connectivity index (χ1v) is 8.22. The highest BCUT2D eigenvalue weighted by atomic mass is 14.4. The summed E-state index contributed by atoms with van der Waals surface area (Å²) in [5.41, 5.74) is 10.8. The van der Waals surface area contributed by atoms with Crippen LogP contribution in [0, 0.1) is 6.92 Å². The van der Waals surface area contributed by atoms with E-state index in [-0.39, 0.29) is 0 Å². The van der Waals surface area contributed by atoms with Gasteiger partial charge in [0.15, 0.2) is 0 Å². The molecule has 0 fully saturated rings. The quantitative estimate of drug-likeness (QED) is 0.710. The van der Waals surface area contributed by atoms with Gasteiger partial charge in [0.1, 0.15) is 0 Å². The standard InChI is InChI=1S/C19H20.C2H6.CH5N/c1-15(17(3)19-11-5-4-6-12-19)13-14-18-10-8-7-9-16(18)2;2*1-2/h4-13H,3,14H2,1-2H3;1-2H3;2H2,1H3/b15-13-;;. The maximum atomic E-state index is 4.50. The van der Waals surface area contributed by atoms with Crippen LogP contribution in [-0.2, 0) is 6.42 Å². The van der Waals surface area contributed by atoms with Gasteiger partial charge in [0.25, 0.3) is 0 Å². The molecule has 0 unspecified atom stereocenters. The van der Waals surface area contributed by atoms with E-state index in [2.05, 4.69) is 80.8 Å². The summed E-state index contributed by atoms with van der Waals surface area (Å²) in [6.45, 7) is 12.5. The van der Waals surface area contributed by atoms with Gasteiger partial charge >= 0.3 is 0 Å². The highest BCUT2D eigenvalue weighted by Gasteiger charge is 2.01. The minimum absolute atomic E-state index is 0.963. The molecule has 124 valence electrons. The Balaban J connectivity index is 0.00000112. The van der Waals surface area contributed by atoms with Crippen LogP contribution < -0.4 is 5.73 Å². The van der Waals surface area contributed by atoms with E-state index in [9.17, 15) is 0 Å².